The molecule has 0 bridgehead atoms. The molecule has 21 N–H and O–H groups in total. The van der Waals surface area contributed by atoms with Crippen LogP contribution in [0.2, 0.25) is 0 Å². The molecule has 522 valence electrons. The van der Waals surface area contributed by atoms with Crippen molar-refractivity contribution in [3.63, 3.8) is 0 Å². The van der Waals surface area contributed by atoms with E-state index in [0.29, 0.717) is 90.1 Å². The standard InChI is InChI=1S/C56H103N9O25/c1-37(2)47(54(79)63-41(7-5-14-61-55(58)80)53(78)62-39-10-8-38(9-11-39)36-90-56(59)81)64-52(77)40(57)6-3-4-13-60-46(72)12-16-82-18-20-84-22-24-86-26-28-88-30-31-89-29-27-87-25-23-85-21-19-83-17-15-65(32-42(68)48(73)50(75)44(70)34-66)33-43(69)49(74)51(76)45(71)35-67/h8-11,37,40-45,47-51,66-71,73-76H,3-7,12-36,57H2,1-2H3,(H2,59,81)(H,60,72)(H,62,78)(H,63,79)(H,64,77)(H3,58,61,80)/t40-,41-,42-,43-,44+,45+,47-,48+,49+,50+,51+/m0/s1. The third-order valence-electron chi connectivity index (χ3n) is 13.2. The number of aliphatic hydroxyl groups excluding tert-OH is 10. The number of aliphatic hydroxyl groups is 10. The van der Waals surface area contributed by atoms with Gasteiger partial charge in [0, 0.05) is 44.8 Å². The Labute approximate surface area is 524 Å². The van der Waals surface area contributed by atoms with Gasteiger partial charge in [0.15, 0.2) is 0 Å². The van der Waals surface area contributed by atoms with E-state index >= 15 is 0 Å². The normalized spacial score (nSPS) is 15.4. The Morgan fingerprint density at radius 3 is 1.38 bits per heavy atom. The molecule has 0 aliphatic heterocycles. The topological polar surface area (TPSA) is 529 Å². The summed E-state index contributed by atoms with van der Waals surface area (Å²) >= 11 is 0. The first-order valence-corrected chi connectivity index (χ1v) is 30.0. The summed E-state index contributed by atoms with van der Waals surface area (Å²) in [5, 5.41) is 112. The number of amides is 7. The van der Waals surface area contributed by atoms with Gasteiger partial charge in [0.1, 0.15) is 55.3 Å². The number of ether oxygens (including phenoxy) is 9. The maximum Gasteiger partial charge on any atom is 0.404 e. The van der Waals surface area contributed by atoms with E-state index < -0.39 is 123 Å². The van der Waals surface area contributed by atoms with Crippen LogP contribution in [0, 0.1) is 5.92 Å². The monoisotopic (exact) mass is 1300 g/mol. The van der Waals surface area contributed by atoms with Gasteiger partial charge < -0.3 is 137 Å². The molecular weight excluding hydrogens is 1200 g/mol. The molecule has 0 aliphatic carbocycles. The van der Waals surface area contributed by atoms with Crippen LogP contribution in [0.25, 0.3) is 0 Å². The minimum Gasteiger partial charge on any atom is -0.445 e. The lowest BCUT2D eigenvalue weighted by Crippen LogP contribution is -2.56. The summed E-state index contributed by atoms with van der Waals surface area (Å²) in [6.07, 6.45) is -13.5. The zero-order valence-electron chi connectivity index (χ0n) is 51.7. The maximum absolute atomic E-state index is 13.5. The van der Waals surface area contributed by atoms with Crippen molar-refractivity contribution in [2.45, 2.75) is 126 Å². The number of benzene rings is 1. The second kappa shape index (κ2) is 51.4. The number of primary amides is 2. The Balaban J connectivity index is 2.13. The number of nitrogens with zero attached hydrogens (tertiary/aromatic N) is 1. The van der Waals surface area contributed by atoms with Gasteiger partial charge in [-0.2, -0.15) is 0 Å². The van der Waals surface area contributed by atoms with Crippen LogP contribution >= 0.6 is 0 Å². The number of anilines is 1. The summed E-state index contributed by atoms with van der Waals surface area (Å²) in [6, 6.07) is 2.60. The average molecular weight is 1300 g/mol. The number of urea groups is 1. The van der Waals surface area contributed by atoms with E-state index in [1.807, 2.05) is 0 Å². The molecule has 0 spiro atoms. The Morgan fingerprint density at radius 2 is 0.944 bits per heavy atom. The summed E-state index contributed by atoms with van der Waals surface area (Å²) in [5.41, 5.74) is 17.4. The number of unbranched alkanes of at least 4 members (excludes halogenated alkanes) is 1. The van der Waals surface area contributed by atoms with Gasteiger partial charge in [0.05, 0.1) is 137 Å². The van der Waals surface area contributed by atoms with Crippen molar-refractivity contribution in [1.82, 2.24) is 26.2 Å². The highest BCUT2D eigenvalue weighted by Crippen LogP contribution is 2.15. The number of hydrogen-bond acceptors (Lipinski definition) is 27. The molecule has 1 rings (SSSR count). The molecule has 0 saturated heterocycles. The fraction of sp³-hybridized carbons (Fsp3) is 0.786. The maximum atomic E-state index is 13.5. The van der Waals surface area contributed by atoms with E-state index in [9.17, 15) is 69.6 Å². The third kappa shape index (κ3) is 40.0. The zero-order valence-corrected chi connectivity index (χ0v) is 51.7. The molecule has 0 unspecified atom stereocenters. The molecule has 0 saturated carbocycles. The first kappa shape index (κ1) is 82.9. The van der Waals surface area contributed by atoms with Gasteiger partial charge >= 0.3 is 12.1 Å². The second-order valence-electron chi connectivity index (χ2n) is 21.0. The Kier molecular flexibility index (Phi) is 47.3. The number of hydrogen-bond donors (Lipinski definition) is 18. The van der Waals surface area contributed by atoms with Crippen LogP contribution in [-0.2, 0) is 68.4 Å². The Morgan fingerprint density at radius 1 is 0.511 bits per heavy atom. The first-order valence-electron chi connectivity index (χ1n) is 30.0. The smallest absolute Gasteiger partial charge is 0.404 e. The molecule has 0 aliphatic rings. The van der Waals surface area contributed by atoms with Crippen LogP contribution in [0.4, 0.5) is 15.3 Å². The van der Waals surface area contributed by atoms with Gasteiger partial charge in [0.2, 0.25) is 23.6 Å². The summed E-state index contributed by atoms with van der Waals surface area (Å²) < 4.78 is 48.7. The van der Waals surface area contributed by atoms with Crippen molar-refractivity contribution in [2.24, 2.45) is 23.1 Å². The molecule has 0 aromatic heterocycles. The fourth-order valence-corrected chi connectivity index (χ4v) is 7.98. The lowest BCUT2D eigenvalue weighted by molar-refractivity contribution is -0.132. The molecule has 1 aromatic carbocycles. The molecule has 34 heteroatoms. The number of rotatable bonds is 57. The van der Waals surface area contributed by atoms with Crippen molar-refractivity contribution < 1.29 is 122 Å². The van der Waals surface area contributed by atoms with Crippen molar-refractivity contribution in [2.75, 3.05) is 157 Å². The fourth-order valence-electron chi connectivity index (χ4n) is 7.98. The molecule has 0 fully saturated rings. The van der Waals surface area contributed by atoms with Crippen LogP contribution in [0.5, 0.6) is 0 Å². The molecule has 90 heavy (non-hydrogen) atoms. The van der Waals surface area contributed by atoms with Gasteiger partial charge in [-0.25, -0.2) is 9.59 Å². The van der Waals surface area contributed by atoms with Gasteiger partial charge in [-0.15, -0.1) is 0 Å². The van der Waals surface area contributed by atoms with Gasteiger partial charge in [0.25, 0.3) is 0 Å². The number of carbonyl (C=O) groups excluding carboxylic acids is 6. The first-order chi connectivity index (χ1) is 43.0. The van der Waals surface area contributed by atoms with E-state index in [-0.39, 0.29) is 103 Å². The van der Waals surface area contributed by atoms with E-state index in [4.69, 9.17) is 70.0 Å². The Bertz CT molecular complexity index is 2030. The highest BCUT2D eigenvalue weighted by molar-refractivity contribution is 5.98. The van der Waals surface area contributed by atoms with Crippen LogP contribution < -0.4 is 43.8 Å². The quantitative estimate of drug-likeness (QED) is 0.0270. The SMILES string of the molecule is CC(C)[C@H](NC(=O)[C@@H](N)CCCCNC(=O)CCOCCOCCOCCOCCOCCOCCOCCOCCN(C[C@H](O)[C@@H](O)[C@H](O)[C@H](O)CO)C[C@H](O)[C@@H](O)[C@H](O)[C@H](O)CO)C(=O)N[C@@H](CCCNC(N)=O)C(=O)Nc1ccc(COC(N)=O)cc1. The molecular formula is C56H103N9O25. The lowest BCUT2D eigenvalue weighted by Gasteiger charge is -2.33. The average Bonchev–Trinajstić information content (AvgIpc) is 2.27. The predicted octanol–water partition coefficient (Wildman–Crippen LogP) is -6.40. The van der Waals surface area contributed by atoms with Crippen molar-refractivity contribution >= 4 is 41.4 Å². The third-order valence-corrected chi connectivity index (χ3v) is 13.2. The van der Waals surface area contributed by atoms with E-state index in [1.54, 1.807) is 38.1 Å². The molecule has 7 amide bonds. The molecule has 34 nitrogen and oxygen atoms in total. The summed E-state index contributed by atoms with van der Waals surface area (Å²) in [5.74, 6) is -2.33. The number of nitrogens with one attached hydrogen (secondary N) is 5. The van der Waals surface area contributed by atoms with Crippen LogP contribution in [-0.4, -0.2) is 310 Å². The highest BCUT2D eigenvalue weighted by Gasteiger charge is 2.35. The minimum absolute atomic E-state index is 0.00536. The highest BCUT2D eigenvalue weighted by atomic mass is 16.6. The van der Waals surface area contributed by atoms with Crippen molar-refractivity contribution in [3.8, 4) is 0 Å². The van der Waals surface area contributed by atoms with Crippen LogP contribution in [0.3, 0.4) is 0 Å². The van der Waals surface area contributed by atoms with Crippen LogP contribution in [0.1, 0.15) is 57.9 Å². The molecule has 11 atom stereocenters. The number of carbonyl (C=O) groups is 6. The summed E-state index contributed by atoms with van der Waals surface area (Å²) in [7, 11) is 0. The van der Waals surface area contributed by atoms with Gasteiger partial charge in [-0.1, -0.05) is 26.0 Å². The van der Waals surface area contributed by atoms with E-state index in [0.717, 1.165) is 0 Å². The van der Waals surface area contributed by atoms with Crippen molar-refractivity contribution in [1.29, 1.82) is 0 Å². The van der Waals surface area contributed by atoms with Crippen molar-refractivity contribution in [3.05, 3.63) is 29.8 Å². The molecule has 0 radical (unpaired) electrons. The zero-order chi connectivity index (χ0) is 67.1. The molecule has 0 heterocycles. The van der Waals surface area contributed by atoms with Crippen LogP contribution in [0.15, 0.2) is 24.3 Å². The summed E-state index contributed by atoms with van der Waals surface area (Å²) in [6.45, 7) is 5.77. The van der Waals surface area contributed by atoms with E-state index in [2.05, 4.69) is 26.6 Å². The van der Waals surface area contributed by atoms with Gasteiger partial charge in [-0.05, 0) is 55.7 Å². The predicted molar refractivity (Wildman–Crippen MR) is 320 cm³/mol. The minimum atomic E-state index is -1.90. The second-order valence-corrected chi connectivity index (χ2v) is 21.0. The molecule has 1 aromatic rings. The largest absolute Gasteiger partial charge is 0.445 e. The van der Waals surface area contributed by atoms with E-state index in [1.165, 1.54) is 4.90 Å². The Hall–Kier alpha value is -5.16. The number of nitrogens with two attached hydrogens (primary N) is 3. The summed E-state index contributed by atoms with van der Waals surface area (Å²) in [4.78, 5) is 75.8. The lowest BCUT2D eigenvalue weighted by atomic mass is 10.0. The van der Waals surface area contributed by atoms with Gasteiger partial charge in [-0.3, -0.25) is 24.1 Å².